The molecule has 5 heterocycles. The standard InChI is InChI=1S/C54H35N3O/c1-3-16-34(17-4-1)45-32-36(33-46(55-45)35-18-5-2-6-19-35)56-47-26-11-7-21-38(47)40-30-31-44-53(52(40)56)58-50-29-14-10-24-42(50)54(44)41-23-9-13-28-49(41)57-48-27-12-8-20-37(48)39-22-15-25-43(54)51(39)57/h1-33,45,55H. The monoisotopic (exact) mass is 741 g/mol. The van der Waals surface area contributed by atoms with Crippen molar-refractivity contribution >= 4 is 55.0 Å². The Morgan fingerprint density at radius 3 is 1.90 bits per heavy atom. The van der Waals surface area contributed by atoms with E-state index in [1.807, 2.05) is 0 Å². The third-order valence-electron chi connectivity index (χ3n) is 12.8. The second-order valence-corrected chi connectivity index (χ2v) is 15.7. The molecule has 2 atom stereocenters. The third kappa shape index (κ3) is 4.08. The van der Waals surface area contributed by atoms with Gasteiger partial charge in [-0.3, -0.25) is 0 Å². The number of aromatic nitrogens is 2. The molecule has 3 aliphatic rings. The molecule has 4 nitrogen and oxygen atoms in total. The second kappa shape index (κ2) is 11.7. The van der Waals surface area contributed by atoms with Crippen LogP contribution in [0.1, 0.15) is 39.4 Å². The first-order valence-electron chi connectivity index (χ1n) is 20.1. The number of ether oxygens (including phenoxy) is 1. The number of para-hydroxylation sites is 5. The molecule has 13 rings (SSSR count). The fourth-order valence-corrected chi connectivity index (χ4v) is 10.5. The molecule has 2 unspecified atom stereocenters. The summed E-state index contributed by atoms with van der Waals surface area (Å²) in [6.07, 6.45) is 4.68. The van der Waals surface area contributed by atoms with Crippen LogP contribution in [0.25, 0.3) is 60.7 Å². The van der Waals surface area contributed by atoms with Crippen molar-refractivity contribution < 1.29 is 4.74 Å². The van der Waals surface area contributed by atoms with Gasteiger partial charge in [0.1, 0.15) is 5.75 Å². The summed E-state index contributed by atoms with van der Waals surface area (Å²) in [6, 6.07) is 68.3. The first kappa shape index (κ1) is 31.6. The number of fused-ring (bicyclic) bond motifs is 15. The van der Waals surface area contributed by atoms with Gasteiger partial charge < -0.3 is 19.2 Å². The number of nitrogens with one attached hydrogen (secondary N) is 1. The molecule has 2 aromatic heterocycles. The highest BCUT2D eigenvalue weighted by Gasteiger charge is 2.51. The maximum Gasteiger partial charge on any atom is 0.156 e. The summed E-state index contributed by atoms with van der Waals surface area (Å²) in [6.45, 7) is 0. The molecule has 0 saturated carbocycles. The molecule has 1 spiro atoms. The average molecular weight is 742 g/mol. The molecule has 0 bridgehead atoms. The first-order valence-corrected chi connectivity index (χ1v) is 20.1. The van der Waals surface area contributed by atoms with Gasteiger partial charge in [-0.15, -0.1) is 0 Å². The van der Waals surface area contributed by atoms with Crippen molar-refractivity contribution in [3.05, 3.63) is 234 Å². The zero-order chi connectivity index (χ0) is 38.0. The van der Waals surface area contributed by atoms with Crippen molar-refractivity contribution in [2.45, 2.75) is 11.5 Å². The topological polar surface area (TPSA) is 31.1 Å². The van der Waals surface area contributed by atoms with E-state index in [0.29, 0.717) is 0 Å². The highest BCUT2D eigenvalue weighted by atomic mass is 16.5. The maximum atomic E-state index is 7.37. The van der Waals surface area contributed by atoms with Crippen LogP contribution in [0.3, 0.4) is 0 Å². The van der Waals surface area contributed by atoms with E-state index in [1.165, 1.54) is 49.6 Å². The fourth-order valence-electron chi connectivity index (χ4n) is 10.5. The number of allylic oxidation sites excluding steroid dienone is 2. The molecule has 4 heteroatoms. The summed E-state index contributed by atoms with van der Waals surface area (Å²) >= 11 is 0. The van der Waals surface area contributed by atoms with Gasteiger partial charge in [-0.1, -0.05) is 164 Å². The first-order chi connectivity index (χ1) is 28.8. The number of dihydropyridines is 1. The van der Waals surface area contributed by atoms with E-state index in [1.54, 1.807) is 0 Å². The van der Waals surface area contributed by atoms with Gasteiger partial charge in [-0.05, 0) is 58.7 Å². The van der Waals surface area contributed by atoms with E-state index in [-0.39, 0.29) is 6.04 Å². The summed E-state index contributed by atoms with van der Waals surface area (Å²) in [5.74, 6) is 1.76. The highest BCUT2D eigenvalue weighted by molar-refractivity contribution is 6.15. The van der Waals surface area contributed by atoms with Crippen LogP contribution < -0.4 is 10.1 Å². The minimum Gasteiger partial charge on any atom is -0.454 e. The van der Waals surface area contributed by atoms with Crippen molar-refractivity contribution in [1.82, 2.24) is 14.5 Å². The lowest BCUT2D eigenvalue weighted by molar-refractivity contribution is 0.438. The van der Waals surface area contributed by atoms with Gasteiger partial charge in [-0.2, -0.15) is 0 Å². The molecular weight excluding hydrogens is 707 g/mol. The Balaban J connectivity index is 1.18. The summed E-state index contributed by atoms with van der Waals surface area (Å²) in [5, 5.41) is 8.74. The number of hydrogen-bond acceptors (Lipinski definition) is 2. The van der Waals surface area contributed by atoms with E-state index in [4.69, 9.17) is 4.74 Å². The van der Waals surface area contributed by atoms with Crippen LogP contribution in [0.2, 0.25) is 0 Å². The van der Waals surface area contributed by atoms with E-state index in [2.05, 4.69) is 215 Å². The zero-order valence-corrected chi connectivity index (χ0v) is 31.4. The van der Waals surface area contributed by atoms with Gasteiger partial charge in [0.25, 0.3) is 0 Å². The van der Waals surface area contributed by atoms with Crippen molar-refractivity contribution in [1.29, 1.82) is 0 Å². The number of hydrogen-bond donors (Lipinski definition) is 1. The summed E-state index contributed by atoms with van der Waals surface area (Å²) in [5.41, 5.74) is 14.5. The minimum atomic E-state index is -0.666. The van der Waals surface area contributed by atoms with E-state index >= 15 is 0 Å². The fraction of sp³-hybridized carbons (Fsp3) is 0.0370. The molecule has 58 heavy (non-hydrogen) atoms. The van der Waals surface area contributed by atoms with Gasteiger partial charge in [0.2, 0.25) is 0 Å². The van der Waals surface area contributed by atoms with Crippen LogP contribution in [0.5, 0.6) is 11.5 Å². The van der Waals surface area contributed by atoms with Crippen LogP contribution in [-0.4, -0.2) is 9.13 Å². The lowest BCUT2D eigenvalue weighted by atomic mass is 9.61. The molecule has 0 saturated heterocycles. The summed E-state index contributed by atoms with van der Waals surface area (Å²) < 4.78 is 12.3. The predicted molar refractivity (Wildman–Crippen MR) is 237 cm³/mol. The van der Waals surface area contributed by atoms with Gasteiger partial charge in [0, 0.05) is 44.1 Å². The molecule has 8 aromatic carbocycles. The molecule has 3 aliphatic heterocycles. The molecule has 0 amide bonds. The molecule has 0 aliphatic carbocycles. The third-order valence-corrected chi connectivity index (χ3v) is 12.8. The highest BCUT2D eigenvalue weighted by Crippen LogP contribution is 2.62. The Labute approximate surface area is 335 Å². The largest absolute Gasteiger partial charge is 0.454 e. The van der Waals surface area contributed by atoms with Crippen LogP contribution in [0, 0.1) is 0 Å². The molecule has 0 radical (unpaired) electrons. The van der Waals surface area contributed by atoms with Crippen LogP contribution in [0.15, 0.2) is 200 Å². The SMILES string of the molecule is C1=C(c2ccccc2)NC(c2ccccc2)C=C1n1c2ccccc2c2ccc3c(c21)Oc1ccccc1C31c2ccccc2-n2c3ccccc3c3cccc1c32. The van der Waals surface area contributed by atoms with Crippen molar-refractivity contribution in [2.75, 3.05) is 0 Å². The van der Waals surface area contributed by atoms with Crippen LogP contribution in [-0.2, 0) is 5.41 Å². The Morgan fingerprint density at radius 1 is 0.466 bits per heavy atom. The van der Waals surface area contributed by atoms with Crippen LogP contribution >= 0.6 is 0 Å². The Morgan fingerprint density at radius 2 is 1.09 bits per heavy atom. The average Bonchev–Trinajstić information content (AvgIpc) is 3.82. The number of rotatable bonds is 3. The van der Waals surface area contributed by atoms with E-state index in [0.717, 1.165) is 56.0 Å². The van der Waals surface area contributed by atoms with E-state index in [9.17, 15) is 0 Å². The lowest BCUT2D eigenvalue weighted by Gasteiger charge is -2.45. The van der Waals surface area contributed by atoms with Crippen molar-refractivity contribution in [3.63, 3.8) is 0 Å². The van der Waals surface area contributed by atoms with Crippen molar-refractivity contribution in [3.8, 4) is 17.2 Å². The Bertz CT molecular complexity index is 3410. The van der Waals surface area contributed by atoms with Gasteiger partial charge in [0.05, 0.1) is 39.2 Å². The molecule has 0 fully saturated rings. The van der Waals surface area contributed by atoms with Crippen LogP contribution in [0.4, 0.5) is 0 Å². The number of benzene rings is 8. The molecular formula is C54H35N3O. The lowest BCUT2D eigenvalue weighted by Crippen LogP contribution is -2.37. The Kier molecular flexibility index (Phi) is 6.40. The normalized spacial score (nSPS) is 17.7. The summed E-state index contributed by atoms with van der Waals surface area (Å²) in [7, 11) is 0. The molecule has 1 N–H and O–H groups in total. The van der Waals surface area contributed by atoms with Gasteiger partial charge in [0.15, 0.2) is 5.75 Å². The molecule has 272 valence electrons. The minimum absolute atomic E-state index is 0.0510. The summed E-state index contributed by atoms with van der Waals surface area (Å²) in [4.78, 5) is 0. The van der Waals surface area contributed by atoms with E-state index < -0.39 is 5.41 Å². The molecule has 10 aromatic rings. The number of nitrogens with zero attached hydrogens (tertiary/aromatic N) is 2. The van der Waals surface area contributed by atoms with Crippen molar-refractivity contribution in [2.24, 2.45) is 0 Å². The zero-order valence-electron chi connectivity index (χ0n) is 31.4. The Hall–Kier alpha value is -7.56. The predicted octanol–water partition coefficient (Wildman–Crippen LogP) is 12.9. The van der Waals surface area contributed by atoms with Gasteiger partial charge in [-0.25, -0.2) is 0 Å². The van der Waals surface area contributed by atoms with Gasteiger partial charge >= 0.3 is 0 Å². The second-order valence-electron chi connectivity index (χ2n) is 15.7. The quantitative estimate of drug-likeness (QED) is 0.195. The smallest absolute Gasteiger partial charge is 0.156 e. The maximum absolute atomic E-state index is 7.37.